The van der Waals surface area contributed by atoms with Crippen molar-refractivity contribution in [3.8, 4) is 17.6 Å². The van der Waals surface area contributed by atoms with Crippen molar-refractivity contribution in [1.82, 2.24) is 14.8 Å². The van der Waals surface area contributed by atoms with Crippen LogP contribution in [0, 0.1) is 11.8 Å². The van der Waals surface area contributed by atoms with E-state index >= 15 is 0 Å². The van der Waals surface area contributed by atoms with E-state index in [9.17, 15) is 18.0 Å². The topological polar surface area (TPSA) is 96.6 Å². The normalized spacial score (nSPS) is 14.3. The third-order valence-corrected chi connectivity index (χ3v) is 7.58. The van der Waals surface area contributed by atoms with Crippen molar-refractivity contribution in [2.45, 2.75) is 50.9 Å². The van der Waals surface area contributed by atoms with Crippen LogP contribution >= 0.6 is 0 Å². The van der Waals surface area contributed by atoms with Crippen LogP contribution in [0.3, 0.4) is 0 Å². The number of hydrogen-bond donors (Lipinski definition) is 4. The van der Waals surface area contributed by atoms with Crippen molar-refractivity contribution < 1.29 is 22.7 Å². The quantitative estimate of drug-likeness (QED) is 0.172. The SMILES string of the molecule is COc1cc(C(=O)NCCCCCN)ccc1NCC#Cc1cc2c(NC3CCN(C)CC3)cccc2n1CC(F)(F)F. The predicted octanol–water partition coefficient (Wildman–Crippen LogP) is 5.04. The van der Waals surface area contributed by atoms with E-state index in [1.807, 2.05) is 6.07 Å². The molecule has 0 saturated carbocycles. The number of aromatic nitrogens is 1. The summed E-state index contributed by atoms with van der Waals surface area (Å²) in [4.78, 5) is 14.8. The summed E-state index contributed by atoms with van der Waals surface area (Å²) >= 11 is 0. The van der Waals surface area contributed by atoms with Gasteiger partial charge in [0.2, 0.25) is 0 Å². The Morgan fingerprint density at radius 3 is 2.60 bits per heavy atom. The summed E-state index contributed by atoms with van der Waals surface area (Å²) in [6.07, 6.45) is 0.282. The van der Waals surface area contributed by atoms with Gasteiger partial charge in [0.05, 0.1) is 30.6 Å². The van der Waals surface area contributed by atoms with E-state index in [1.54, 1.807) is 36.4 Å². The van der Waals surface area contributed by atoms with Gasteiger partial charge in [-0.3, -0.25) is 4.79 Å². The number of likely N-dealkylation sites (tertiary alicyclic amines) is 1. The summed E-state index contributed by atoms with van der Waals surface area (Å²) in [5.74, 6) is 6.17. The molecule has 3 aromatic rings. The molecule has 0 radical (unpaired) electrons. The first-order valence-electron chi connectivity index (χ1n) is 14.7. The fourth-order valence-corrected chi connectivity index (χ4v) is 5.24. The van der Waals surface area contributed by atoms with Crippen LogP contribution in [0.25, 0.3) is 10.9 Å². The van der Waals surface area contributed by atoms with Gasteiger partial charge in [-0.05, 0) is 94.7 Å². The Balaban J connectivity index is 1.47. The van der Waals surface area contributed by atoms with Gasteiger partial charge in [-0.25, -0.2) is 0 Å². The summed E-state index contributed by atoms with van der Waals surface area (Å²) in [6.45, 7) is 2.19. The smallest absolute Gasteiger partial charge is 0.406 e. The first-order chi connectivity index (χ1) is 20.7. The average molecular weight is 599 g/mol. The van der Waals surface area contributed by atoms with Gasteiger partial charge in [-0.1, -0.05) is 18.4 Å². The molecule has 1 aliphatic rings. The third kappa shape index (κ3) is 9.05. The zero-order chi connectivity index (χ0) is 30.8. The lowest BCUT2D eigenvalue weighted by Crippen LogP contribution is -2.36. The van der Waals surface area contributed by atoms with Gasteiger partial charge in [0.25, 0.3) is 5.91 Å². The van der Waals surface area contributed by atoms with Gasteiger partial charge in [0.15, 0.2) is 0 Å². The molecule has 0 unspecified atom stereocenters. The monoisotopic (exact) mass is 598 g/mol. The van der Waals surface area contributed by atoms with Gasteiger partial charge >= 0.3 is 6.18 Å². The summed E-state index contributed by atoms with van der Waals surface area (Å²) in [5.41, 5.74) is 8.19. The van der Waals surface area contributed by atoms with E-state index in [1.165, 1.54) is 11.7 Å². The number of ether oxygens (including phenoxy) is 1. The number of unbranched alkanes of at least 4 members (excludes halogenated alkanes) is 2. The Hall–Kier alpha value is -3.88. The second-order valence-electron chi connectivity index (χ2n) is 10.9. The van der Waals surface area contributed by atoms with Crippen molar-refractivity contribution in [2.75, 3.05) is 57.5 Å². The van der Waals surface area contributed by atoms with Crippen LogP contribution in [0.4, 0.5) is 24.5 Å². The van der Waals surface area contributed by atoms with E-state index in [0.717, 1.165) is 56.3 Å². The molecule has 1 aliphatic heterocycles. The molecular weight excluding hydrogens is 557 g/mol. The number of anilines is 2. The highest BCUT2D eigenvalue weighted by Crippen LogP contribution is 2.31. The van der Waals surface area contributed by atoms with Gasteiger partial charge in [0.1, 0.15) is 12.3 Å². The number of nitrogens with two attached hydrogens (primary N) is 1. The van der Waals surface area contributed by atoms with Crippen molar-refractivity contribution in [1.29, 1.82) is 0 Å². The van der Waals surface area contributed by atoms with E-state index in [4.69, 9.17) is 10.5 Å². The van der Waals surface area contributed by atoms with Crippen LogP contribution in [-0.2, 0) is 6.54 Å². The highest BCUT2D eigenvalue weighted by atomic mass is 19.4. The highest BCUT2D eigenvalue weighted by molar-refractivity contribution is 5.95. The molecule has 0 spiro atoms. The Morgan fingerprint density at radius 1 is 1.09 bits per heavy atom. The number of benzene rings is 2. The number of nitrogens with zero attached hydrogens (tertiary/aromatic N) is 2. The lowest BCUT2D eigenvalue weighted by Gasteiger charge is -2.30. The van der Waals surface area contributed by atoms with Gasteiger partial charge in [-0.2, -0.15) is 13.2 Å². The number of alkyl halides is 3. The molecule has 1 saturated heterocycles. The molecule has 0 atom stereocenters. The van der Waals surface area contributed by atoms with Crippen LogP contribution in [0.2, 0.25) is 0 Å². The molecule has 43 heavy (non-hydrogen) atoms. The Morgan fingerprint density at radius 2 is 1.88 bits per heavy atom. The lowest BCUT2D eigenvalue weighted by molar-refractivity contribution is -0.140. The maximum absolute atomic E-state index is 13.6. The molecule has 8 nitrogen and oxygen atoms in total. The summed E-state index contributed by atoms with van der Waals surface area (Å²) < 4.78 is 47.5. The first-order valence-corrected chi connectivity index (χ1v) is 14.7. The zero-order valence-corrected chi connectivity index (χ0v) is 24.8. The number of carbonyl (C=O) groups excluding carboxylic acids is 1. The molecule has 4 rings (SSSR count). The Kier molecular flexibility index (Phi) is 11.2. The summed E-state index contributed by atoms with van der Waals surface area (Å²) in [5, 5.41) is 10.3. The minimum atomic E-state index is -4.40. The third-order valence-electron chi connectivity index (χ3n) is 7.58. The van der Waals surface area contributed by atoms with Crippen molar-refractivity contribution in [3.05, 3.63) is 53.7 Å². The maximum atomic E-state index is 13.6. The molecule has 2 heterocycles. The maximum Gasteiger partial charge on any atom is 0.406 e. The average Bonchev–Trinajstić information content (AvgIpc) is 3.32. The Bertz CT molecular complexity index is 1430. The van der Waals surface area contributed by atoms with E-state index in [0.29, 0.717) is 35.6 Å². The second-order valence-corrected chi connectivity index (χ2v) is 10.9. The second kappa shape index (κ2) is 15.0. The van der Waals surface area contributed by atoms with Crippen molar-refractivity contribution in [2.24, 2.45) is 5.73 Å². The summed E-state index contributed by atoms with van der Waals surface area (Å²) in [6, 6.07) is 12.4. The zero-order valence-electron chi connectivity index (χ0n) is 24.8. The van der Waals surface area contributed by atoms with Crippen LogP contribution in [0.15, 0.2) is 42.5 Å². The molecule has 2 aromatic carbocycles. The number of amides is 1. The number of nitrogens with one attached hydrogen (secondary N) is 3. The van der Waals surface area contributed by atoms with Crippen LogP contribution < -0.4 is 26.4 Å². The van der Waals surface area contributed by atoms with E-state index in [2.05, 4.69) is 39.7 Å². The number of methoxy groups -OCH3 is 1. The Labute approximate surface area is 251 Å². The lowest BCUT2D eigenvalue weighted by atomic mass is 10.0. The van der Waals surface area contributed by atoms with Gasteiger partial charge < -0.3 is 35.9 Å². The highest BCUT2D eigenvalue weighted by Gasteiger charge is 2.30. The molecule has 1 amide bonds. The number of halogens is 3. The number of rotatable bonds is 12. The van der Waals surface area contributed by atoms with Crippen LogP contribution in [0.1, 0.15) is 48.2 Å². The molecule has 1 aromatic heterocycles. The van der Waals surface area contributed by atoms with Crippen LogP contribution in [-0.4, -0.2) is 74.5 Å². The van der Waals surface area contributed by atoms with E-state index < -0.39 is 12.7 Å². The number of fused-ring (bicyclic) bond motifs is 1. The number of hydrogen-bond acceptors (Lipinski definition) is 6. The largest absolute Gasteiger partial charge is 0.495 e. The molecule has 232 valence electrons. The summed E-state index contributed by atoms with van der Waals surface area (Å²) in [7, 11) is 3.60. The molecule has 1 fully saturated rings. The fraction of sp³-hybridized carbons (Fsp3) is 0.469. The number of carbonyl (C=O) groups is 1. The molecule has 0 aliphatic carbocycles. The van der Waals surface area contributed by atoms with Crippen molar-refractivity contribution >= 4 is 28.2 Å². The number of piperidine rings is 1. The minimum Gasteiger partial charge on any atom is -0.495 e. The standard InChI is InChI=1S/C32H41F3N6O2/c1-40-18-13-24(14-19-40)39-27-9-6-10-29-26(27)21-25(41(29)22-32(33,34)35)8-7-17-37-28-12-11-23(20-30(28)43-2)31(42)38-16-5-3-4-15-36/h6,9-12,20-21,24,37,39H,3-5,13-19,22,36H2,1-2H3,(H,38,42). The van der Waals surface area contributed by atoms with E-state index in [-0.39, 0.29) is 24.2 Å². The van der Waals surface area contributed by atoms with Gasteiger partial charge in [0, 0.05) is 29.2 Å². The fourth-order valence-electron chi connectivity index (χ4n) is 5.24. The first kappa shape index (κ1) is 32.0. The molecular formula is C32H41F3N6O2. The van der Waals surface area contributed by atoms with Gasteiger partial charge in [-0.15, -0.1) is 0 Å². The minimum absolute atomic E-state index is 0.164. The molecule has 11 heteroatoms. The predicted molar refractivity (Wildman–Crippen MR) is 166 cm³/mol. The molecule has 0 bridgehead atoms. The van der Waals surface area contributed by atoms with Crippen molar-refractivity contribution in [3.63, 3.8) is 0 Å². The van der Waals surface area contributed by atoms with Crippen LogP contribution in [0.5, 0.6) is 5.75 Å². The molecule has 5 N–H and O–H groups in total.